The second-order valence-electron chi connectivity index (χ2n) is 3.28. The van der Waals surface area contributed by atoms with E-state index in [1.54, 1.807) is 0 Å². The van der Waals surface area contributed by atoms with Gasteiger partial charge in [0.1, 0.15) is 0 Å². The molecular weight excluding hydrogens is 260 g/mol. The second kappa shape index (κ2) is 5.91. The van der Waals surface area contributed by atoms with E-state index < -0.39 is 33.4 Å². The molecule has 0 atom stereocenters. The molecule has 0 bridgehead atoms. The molecule has 16 heavy (non-hydrogen) atoms. The average molecular weight is 275 g/mol. The quantitative estimate of drug-likeness (QED) is 0.465. The summed E-state index contributed by atoms with van der Waals surface area (Å²) in [5, 5.41) is 0. The molecule has 0 rings (SSSR count). The minimum atomic E-state index is -4.21. The Morgan fingerprint density at radius 1 is 1.00 bits per heavy atom. The Morgan fingerprint density at radius 2 is 1.31 bits per heavy atom. The van der Waals surface area contributed by atoms with Gasteiger partial charge in [-0.05, 0) is 0 Å². The van der Waals surface area contributed by atoms with Crippen LogP contribution in [0.25, 0.3) is 0 Å². The van der Waals surface area contributed by atoms with Crippen LogP contribution < -0.4 is 0 Å². The predicted octanol–water partition coefficient (Wildman–Crippen LogP) is -0.810. The van der Waals surface area contributed by atoms with Crippen molar-refractivity contribution >= 4 is 21.1 Å². The molecule has 1 amide bonds. The van der Waals surface area contributed by atoms with Crippen LogP contribution in [0, 0.1) is 0 Å². The number of nitrogens with zero attached hydrogens (tertiary/aromatic N) is 1. The minimum Gasteiger partial charge on any atom is -0.342 e. The Bertz CT molecular complexity index is 306. The fourth-order valence-corrected chi connectivity index (χ4v) is 1.93. The molecule has 0 aliphatic heterocycles. The first kappa shape index (κ1) is 15.8. The van der Waals surface area contributed by atoms with Crippen molar-refractivity contribution in [2.75, 3.05) is 25.4 Å². The average Bonchev–Trinajstić information content (AvgIpc) is 1.98. The summed E-state index contributed by atoms with van der Waals surface area (Å²) in [5.41, 5.74) is 0. The first-order chi connectivity index (χ1) is 7.01. The summed E-state index contributed by atoms with van der Waals surface area (Å²) in [6.45, 7) is 0.721. The van der Waals surface area contributed by atoms with E-state index in [4.69, 9.17) is 19.6 Å². The van der Waals surface area contributed by atoms with E-state index in [-0.39, 0.29) is 13.1 Å². The van der Waals surface area contributed by atoms with Crippen molar-refractivity contribution in [2.45, 2.75) is 6.92 Å². The summed E-state index contributed by atoms with van der Waals surface area (Å²) in [6, 6.07) is 0. The number of hydrogen-bond donors (Lipinski definition) is 4. The van der Waals surface area contributed by atoms with Crippen LogP contribution >= 0.6 is 15.2 Å². The molecule has 0 radical (unpaired) electrons. The number of carbonyl (C=O) groups excluding carboxylic acids is 1. The van der Waals surface area contributed by atoms with Crippen LogP contribution in [-0.4, -0.2) is 55.8 Å². The van der Waals surface area contributed by atoms with E-state index in [1.807, 2.05) is 0 Å². The molecule has 0 heterocycles. The minimum absolute atomic E-state index is 0.223. The van der Waals surface area contributed by atoms with Crippen LogP contribution in [0.5, 0.6) is 0 Å². The van der Waals surface area contributed by atoms with E-state index in [2.05, 4.69) is 0 Å². The predicted molar refractivity (Wildman–Crippen MR) is 56.1 cm³/mol. The molecule has 0 aromatic carbocycles. The Balaban J connectivity index is 4.25. The molecule has 0 spiro atoms. The molecule has 8 nitrogen and oxygen atoms in total. The first-order valence-corrected chi connectivity index (χ1v) is 7.95. The standard InChI is InChI=1S/C6H15NO7P2/c1-6(8)7(2-4-15(9,10)11)3-5-16(12,13)14/h2-5H2,1H3,(H2,9,10,11)(H2,12,13,14). The third-order valence-corrected chi connectivity index (χ3v) is 3.33. The van der Waals surface area contributed by atoms with Crippen molar-refractivity contribution in [3.05, 3.63) is 0 Å². The molecule has 0 saturated carbocycles. The fraction of sp³-hybridized carbons (Fsp3) is 0.833. The van der Waals surface area contributed by atoms with Crippen molar-refractivity contribution in [1.29, 1.82) is 0 Å². The lowest BCUT2D eigenvalue weighted by atomic mass is 10.5. The molecular formula is C6H15NO7P2. The van der Waals surface area contributed by atoms with E-state index >= 15 is 0 Å². The van der Waals surface area contributed by atoms with Gasteiger partial charge in [-0.2, -0.15) is 0 Å². The lowest BCUT2D eigenvalue weighted by Gasteiger charge is -2.21. The second-order valence-corrected chi connectivity index (χ2v) is 6.84. The molecule has 0 fully saturated rings. The Morgan fingerprint density at radius 3 is 1.50 bits per heavy atom. The molecule has 0 saturated heterocycles. The van der Waals surface area contributed by atoms with Gasteiger partial charge in [-0.3, -0.25) is 13.9 Å². The van der Waals surface area contributed by atoms with Gasteiger partial charge in [-0.1, -0.05) is 0 Å². The summed E-state index contributed by atoms with van der Waals surface area (Å²) < 4.78 is 21.1. The van der Waals surface area contributed by atoms with Crippen LogP contribution in [0.4, 0.5) is 0 Å². The summed E-state index contributed by atoms with van der Waals surface area (Å²) in [7, 11) is -8.42. The Hall–Kier alpha value is -0.230. The van der Waals surface area contributed by atoms with Crippen molar-refractivity contribution in [2.24, 2.45) is 0 Å². The maximum atomic E-state index is 11.0. The largest absolute Gasteiger partial charge is 0.342 e. The van der Waals surface area contributed by atoms with Crippen molar-refractivity contribution in [3.8, 4) is 0 Å². The van der Waals surface area contributed by atoms with Crippen LogP contribution in [0.15, 0.2) is 0 Å². The number of hydrogen-bond acceptors (Lipinski definition) is 3. The van der Waals surface area contributed by atoms with Crippen LogP contribution in [0.1, 0.15) is 6.92 Å². The highest BCUT2D eigenvalue weighted by atomic mass is 31.2. The van der Waals surface area contributed by atoms with E-state index in [1.165, 1.54) is 6.92 Å². The first-order valence-electron chi connectivity index (χ1n) is 4.36. The summed E-state index contributed by atoms with van der Waals surface area (Å²) in [5.74, 6) is -0.484. The van der Waals surface area contributed by atoms with E-state index in [0.717, 1.165) is 4.90 Å². The van der Waals surface area contributed by atoms with Crippen molar-refractivity contribution in [3.63, 3.8) is 0 Å². The number of carbonyl (C=O) groups is 1. The zero-order valence-electron chi connectivity index (χ0n) is 8.68. The van der Waals surface area contributed by atoms with Gasteiger partial charge in [-0.25, -0.2) is 0 Å². The topological polar surface area (TPSA) is 135 Å². The third kappa shape index (κ3) is 9.03. The van der Waals surface area contributed by atoms with Gasteiger partial charge in [-0.15, -0.1) is 0 Å². The van der Waals surface area contributed by atoms with Gasteiger partial charge in [0.25, 0.3) is 0 Å². The monoisotopic (exact) mass is 275 g/mol. The molecule has 0 aromatic rings. The van der Waals surface area contributed by atoms with Crippen LogP contribution in [0.3, 0.4) is 0 Å². The Kier molecular flexibility index (Phi) is 5.82. The SMILES string of the molecule is CC(=O)N(CCP(=O)(O)O)CCP(=O)(O)O. The Labute approximate surface area is 92.6 Å². The smallest absolute Gasteiger partial charge is 0.327 e. The number of amides is 1. The maximum Gasteiger partial charge on any atom is 0.327 e. The zero-order chi connectivity index (χ0) is 13.0. The van der Waals surface area contributed by atoms with Crippen LogP contribution in [-0.2, 0) is 13.9 Å². The summed E-state index contributed by atoms with van der Waals surface area (Å²) in [4.78, 5) is 46.4. The third-order valence-electron chi connectivity index (χ3n) is 1.77. The highest BCUT2D eigenvalue weighted by molar-refractivity contribution is 7.52. The molecule has 10 heteroatoms. The lowest BCUT2D eigenvalue weighted by Crippen LogP contribution is -2.33. The van der Waals surface area contributed by atoms with Gasteiger partial charge in [0, 0.05) is 20.0 Å². The van der Waals surface area contributed by atoms with Gasteiger partial charge in [0.05, 0.1) is 12.3 Å². The molecule has 0 aromatic heterocycles. The van der Waals surface area contributed by atoms with Crippen LogP contribution in [0.2, 0.25) is 0 Å². The molecule has 4 N–H and O–H groups in total. The van der Waals surface area contributed by atoms with E-state index in [9.17, 15) is 13.9 Å². The van der Waals surface area contributed by atoms with Gasteiger partial charge in [0.2, 0.25) is 5.91 Å². The summed E-state index contributed by atoms with van der Waals surface area (Å²) >= 11 is 0. The van der Waals surface area contributed by atoms with E-state index in [0.29, 0.717) is 0 Å². The fourth-order valence-electron chi connectivity index (χ4n) is 0.929. The van der Waals surface area contributed by atoms with Gasteiger partial charge >= 0.3 is 15.2 Å². The summed E-state index contributed by atoms with van der Waals surface area (Å²) in [6.07, 6.45) is -1.04. The normalized spacial score (nSPS) is 12.6. The molecule has 96 valence electrons. The highest BCUT2D eigenvalue weighted by Gasteiger charge is 2.20. The van der Waals surface area contributed by atoms with Crippen molar-refractivity contribution in [1.82, 2.24) is 4.90 Å². The van der Waals surface area contributed by atoms with Gasteiger partial charge in [0.15, 0.2) is 0 Å². The molecule has 0 unspecified atom stereocenters. The molecule has 0 aliphatic rings. The number of rotatable bonds is 6. The van der Waals surface area contributed by atoms with Crippen molar-refractivity contribution < 1.29 is 33.5 Å². The zero-order valence-corrected chi connectivity index (χ0v) is 10.5. The lowest BCUT2D eigenvalue weighted by molar-refractivity contribution is -0.128. The maximum absolute atomic E-state index is 11.0. The van der Waals surface area contributed by atoms with Gasteiger partial charge < -0.3 is 24.5 Å². The highest BCUT2D eigenvalue weighted by Crippen LogP contribution is 2.35. The molecule has 0 aliphatic carbocycles.